The van der Waals surface area contributed by atoms with E-state index in [-0.39, 0.29) is 11.7 Å². The Bertz CT molecular complexity index is 971. The number of aryl methyl sites for hydroxylation is 2. The lowest BCUT2D eigenvalue weighted by Crippen LogP contribution is -2.15. The molecule has 8 heteroatoms. The molecule has 6 nitrogen and oxygen atoms in total. The molecule has 0 unspecified atom stereocenters. The van der Waals surface area contributed by atoms with Crippen molar-refractivity contribution < 1.29 is 4.79 Å². The minimum absolute atomic E-state index is 0.113. The number of thioether (sulfide) groups is 1. The van der Waals surface area contributed by atoms with Crippen molar-refractivity contribution in [2.24, 2.45) is 7.05 Å². The number of hydrogen-bond donors (Lipinski definition) is 2. The summed E-state index contributed by atoms with van der Waals surface area (Å²) in [6.07, 6.45) is 0. The van der Waals surface area contributed by atoms with Crippen LogP contribution in [0.2, 0.25) is 5.02 Å². The quantitative estimate of drug-likeness (QED) is 0.558. The molecule has 1 aromatic heterocycles. The largest absolute Gasteiger partial charge is 0.378 e. The molecular formula is C20H22ClN5OS. The van der Waals surface area contributed by atoms with Crippen LogP contribution < -0.4 is 10.6 Å². The van der Waals surface area contributed by atoms with E-state index in [2.05, 4.69) is 39.9 Å². The molecule has 28 heavy (non-hydrogen) atoms. The van der Waals surface area contributed by atoms with Gasteiger partial charge in [0.05, 0.1) is 12.3 Å². The number of halogens is 1. The van der Waals surface area contributed by atoms with Crippen LogP contribution in [0.25, 0.3) is 0 Å². The molecule has 0 bridgehead atoms. The van der Waals surface area contributed by atoms with Crippen molar-refractivity contribution in [3.63, 3.8) is 0 Å². The van der Waals surface area contributed by atoms with Crippen LogP contribution in [0.1, 0.15) is 17.0 Å². The molecule has 1 heterocycles. The lowest BCUT2D eigenvalue weighted by atomic mass is 10.2. The maximum absolute atomic E-state index is 12.3. The van der Waals surface area contributed by atoms with E-state index in [4.69, 9.17) is 11.6 Å². The number of amides is 1. The van der Waals surface area contributed by atoms with Crippen LogP contribution in [0.15, 0.2) is 47.6 Å². The number of carbonyl (C=O) groups is 1. The van der Waals surface area contributed by atoms with E-state index in [0.29, 0.717) is 16.7 Å². The van der Waals surface area contributed by atoms with Crippen molar-refractivity contribution in [2.75, 3.05) is 16.4 Å². The van der Waals surface area contributed by atoms with Crippen LogP contribution in [0.5, 0.6) is 0 Å². The molecule has 146 valence electrons. The topological polar surface area (TPSA) is 71.8 Å². The molecule has 0 aliphatic rings. The molecule has 0 saturated heterocycles. The van der Waals surface area contributed by atoms with Crippen molar-refractivity contribution >= 4 is 40.6 Å². The minimum Gasteiger partial charge on any atom is -0.378 e. The number of rotatable bonds is 7. The number of nitrogens with one attached hydrogen (secondary N) is 2. The molecule has 0 spiro atoms. The Morgan fingerprint density at radius 3 is 2.64 bits per heavy atom. The van der Waals surface area contributed by atoms with Crippen LogP contribution in [-0.2, 0) is 18.4 Å². The number of aromatic nitrogens is 3. The van der Waals surface area contributed by atoms with Gasteiger partial charge in [-0.2, -0.15) is 0 Å². The highest BCUT2D eigenvalue weighted by Crippen LogP contribution is 2.21. The SMILES string of the molecule is Cc1ccc(NCc2nnc(SCC(=O)Nc3cc(Cl)ccc3C)n2C)cc1. The predicted molar refractivity (Wildman–Crippen MR) is 115 cm³/mol. The van der Waals surface area contributed by atoms with Crippen molar-refractivity contribution in [1.82, 2.24) is 14.8 Å². The monoisotopic (exact) mass is 415 g/mol. The third kappa shape index (κ3) is 5.27. The van der Waals surface area contributed by atoms with Gasteiger partial charge in [-0.25, -0.2) is 0 Å². The van der Waals surface area contributed by atoms with Gasteiger partial charge in [-0.3, -0.25) is 4.79 Å². The maximum Gasteiger partial charge on any atom is 0.234 e. The summed E-state index contributed by atoms with van der Waals surface area (Å²) in [4.78, 5) is 12.3. The first-order valence-electron chi connectivity index (χ1n) is 8.80. The van der Waals surface area contributed by atoms with Gasteiger partial charge in [0.25, 0.3) is 0 Å². The fourth-order valence-corrected chi connectivity index (χ4v) is 3.42. The first-order valence-corrected chi connectivity index (χ1v) is 10.2. The Balaban J connectivity index is 1.54. The van der Waals surface area contributed by atoms with Crippen molar-refractivity contribution in [2.45, 2.75) is 25.5 Å². The summed E-state index contributed by atoms with van der Waals surface area (Å²) in [5.74, 6) is 0.926. The van der Waals surface area contributed by atoms with Gasteiger partial charge in [0.1, 0.15) is 0 Å². The lowest BCUT2D eigenvalue weighted by molar-refractivity contribution is -0.113. The average Bonchev–Trinajstić information content (AvgIpc) is 3.02. The van der Waals surface area contributed by atoms with Gasteiger partial charge in [0.2, 0.25) is 5.91 Å². The van der Waals surface area contributed by atoms with Crippen LogP contribution in [-0.4, -0.2) is 26.4 Å². The van der Waals surface area contributed by atoms with E-state index in [1.54, 1.807) is 12.1 Å². The molecule has 2 N–H and O–H groups in total. The van der Waals surface area contributed by atoms with Crippen molar-refractivity contribution in [3.8, 4) is 0 Å². The number of anilines is 2. The fourth-order valence-electron chi connectivity index (χ4n) is 2.52. The molecule has 2 aromatic carbocycles. The fraction of sp³-hybridized carbons (Fsp3) is 0.250. The standard InChI is InChI=1S/C20H22ClN5OS/c1-13-4-8-16(9-5-13)22-11-18-24-25-20(26(18)3)28-12-19(27)23-17-10-15(21)7-6-14(17)2/h4-10,22H,11-12H2,1-3H3,(H,23,27). The summed E-state index contributed by atoms with van der Waals surface area (Å²) >= 11 is 7.34. The molecule has 3 rings (SSSR count). The van der Waals surface area contributed by atoms with Gasteiger partial charge in [-0.05, 0) is 43.7 Å². The van der Waals surface area contributed by atoms with Crippen LogP contribution >= 0.6 is 23.4 Å². The Morgan fingerprint density at radius 1 is 1.14 bits per heavy atom. The molecule has 1 amide bonds. The Kier molecular flexibility index (Phi) is 6.59. The highest BCUT2D eigenvalue weighted by molar-refractivity contribution is 7.99. The van der Waals surface area contributed by atoms with E-state index >= 15 is 0 Å². The normalized spacial score (nSPS) is 10.7. The van der Waals surface area contributed by atoms with E-state index in [0.717, 1.165) is 22.8 Å². The maximum atomic E-state index is 12.3. The number of hydrogen-bond acceptors (Lipinski definition) is 5. The highest BCUT2D eigenvalue weighted by atomic mass is 35.5. The number of carbonyl (C=O) groups excluding carboxylic acids is 1. The first kappa shape index (κ1) is 20.2. The average molecular weight is 416 g/mol. The Hall–Kier alpha value is -2.51. The summed E-state index contributed by atoms with van der Waals surface area (Å²) in [6, 6.07) is 13.6. The molecule has 0 radical (unpaired) electrons. The summed E-state index contributed by atoms with van der Waals surface area (Å²) in [6.45, 7) is 4.54. The second kappa shape index (κ2) is 9.12. The first-order chi connectivity index (χ1) is 13.4. The Labute approximate surface area is 173 Å². The van der Waals surface area contributed by atoms with E-state index < -0.39 is 0 Å². The summed E-state index contributed by atoms with van der Waals surface area (Å²) in [7, 11) is 1.90. The van der Waals surface area contributed by atoms with Crippen molar-refractivity contribution in [1.29, 1.82) is 0 Å². The summed E-state index contributed by atoms with van der Waals surface area (Å²) < 4.78 is 1.89. The zero-order chi connectivity index (χ0) is 20.1. The smallest absolute Gasteiger partial charge is 0.234 e. The third-order valence-electron chi connectivity index (χ3n) is 4.23. The van der Waals surface area contributed by atoms with Gasteiger partial charge < -0.3 is 15.2 Å². The van der Waals surface area contributed by atoms with Crippen LogP contribution in [0, 0.1) is 13.8 Å². The minimum atomic E-state index is -0.113. The van der Waals surface area contributed by atoms with E-state index in [9.17, 15) is 4.79 Å². The third-order valence-corrected chi connectivity index (χ3v) is 5.49. The van der Waals surface area contributed by atoms with Gasteiger partial charge in [0, 0.05) is 23.4 Å². The zero-order valence-electron chi connectivity index (χ0n) is 16.0. The molecule has 0 fully saturated rings. The van der Waals surface area contributed by atoms with E-state index in [1.165, 1.54) is 17.3 Å². The Morgan fingerprint density at radius 2 is 1.89 bits per heavy atom. The molecular weight excluding hydrogens is 394 g/mol. The number of benzene rings is 2. The molecule has 0 saturated carbocycles. The zero-order valence-corrected chi connectivity index (χ0v) is 17.6. The lowest BCUT2D eigenvalue weighted by Gasteiger charge is -2.09. The van der Waals surface area contributed by atoms with Crippen LogP contribution in [0.4, 0.5) is 11.4 Å². The second-order valence-corrected chi connectivity index (χ2v) is 7.85. The van der Waals surface area contributed by atoms with Crippen LogP contribution in [0.3, 0.4) is 0 Å². The molecule has 3 aromatic rings. The highest BCUT2D eigenvalue weighted by Gasteiger charge is 2.12. The van der Waals surface area contributed by atoms with E-state index in [1.807, 2.05) is 36.7 Å². The molecule has 0 aliphatic heterocycles. The predicted octanol–water partition coefficient (Wildman–Crippen LogP) is 4.43. The summed E-state index contributed by atoms with van der Waals surface area (Å²) in [5.41, 5.74) is 3.93. The van der Waals surface area contributed by atoms with Gasteiger partial charge >= 0.3 is 0 Å². The molecule has 0 atom stereocenters. The van der Waals surface area contributed by atoms with Gasteiger partial charge in [-0.1, -0.05) is 47.1 Å². The number of nitrogens with zero attached hydrogens (tertiary/aromatic N) is 3. The van der Waals surface area contributed by atoms with Crippen molar-refractivity contribution in [3.05, 3.63) is 64.4 Å². The van der Waals surface area contributed by atoms with Gasteiger partial charge in [-0.15, -0.1) is 10.2 Å². The van der Waals surface area contributed by atoms with Gasteiger partial charge in [0.15, 0.2) is 11.0 Å². The second-order valence-electron chi connectivity index (χ2n) is 6.47. The summed E-state index contributed by atoms with van der Waals surface area (Å²) in [5, 5.41) is 15.9. The molecule has 0 aliphatic carbocycles.